The molecule has 1 saturated heterocycles. The Morgan fingerprint density at radius 1 is 1.00 bits per heavy atom. The van der Waals surface area contributed by atoms with Crippen LogP contribution in [-0.2, 0) is 9.53 Å². The van der Waals surface area contributed by atoms with Gasteiger partial charge in [0, 0.05) is 24.2 Å². The highest BCUT2D eigenvalue weighted by Gasteiger charge is 2.17. The fourth-order valence-electron chi connectivity index (χ4n) is 2.97. The van der Waals surface area contributed by atoms with E-state index in [0.717, 1.165) is 16.7 Å². The quantitative estimate of drug-likeness (QED) is 0.579. The van der Waals surface area contributed by atoms with Crippen molar-refractivity contribution in [2.45, 2.75) is 0 Å². The van der Waals surface area contributed by atoms with Crippen molar-refractivity contribution < 1.29 is 19.0 Å². The van der Waals surface area contributed by atoms with Gasteiger partial charge in [0.2, 0.25) is 5.91 Å². The molecular formula is C21H22ClNO4. The molecule has 0 radical (unpaired) electrons. The zero-order chi connectivity index (χ0) is 19.2. The van der Waals surface area contributed by atoms with Gasteiger partial charge in [-0.15, -0.1) is 0 Å². The summed E-state index contributed by atoms with van der Waals surface area (Å²) in [4.78, 5) is 14.6. The van der Waals surface area contributed by atoms with Gasteiger partial charge in [0.15, 0.2) is 11.5 Å². The van der Waals surface area contributed by atoms with E-state index < -0.39 is 0 Å². The number of ether oxygens (including phenoxy) is 3. The number of morpholine rings is 1. The van der Waals surface area contributed by atoms with E-state index in [1.165, 1.54) is 0 Å². The van der Waals surface area contributed by atoms with Gasteiger partial charge in [-0.1, -0.05) is 29.8 Å². The lowest BCUT2D eigenvalue weighted by atomic mass is 10.1. The average Bonchev–Trinajstić information content (AvgIpc) is 2.72. The van der Waals surface area contributed by atoms with Crippen molar-refractivity contribution >= 4 is 23.1 Å². The number of methoxy groups -OCH3 is 2. The SMILES string of the molecule is COc1ccc(/[13C](=C\C(=O)N2CCOCC2)c2ccc(Cl)cc2)cc1OC. The summed E-state index contributed by atoms with van der Waals surface area (Å²) in [6, 6.07) is 13.0. The number of carbonyl (C=O) groups is 1. The Morgan fingerprint density at radius 3 is 2.26 bits per heavy atom. The molecule has 1 amide bonds. The summed E-state index contributed by atoms with van der Waals surface area (Å²) in [5, 5.41) is 0.643. The lowest BCUT2D eigenvalue weighted by molar-refractivity contribution is -0.129. The van der Waals surface area contributed by atoms with Crippen molar-refractivity contribution in [3.05, 3.63) is 64.7 Å². The smallest absolute Gasteiger partial charge is 0.247 e. The van der Waals surface area contributed by atoms with Gasteiger partial charge < -0.3 is 19.1 Å². The molecule has 3 rings (SSSR count). The van der Waals surface area contributed by atoms with E-state index in [-0.39, 0.29) is 5.91 Å². The molecule has 0 spiro atoms. The second-order valence-corrected chi connectivity index (χ2v) is 6.51. The summed E-state index contributed by atoms with van der Waals surface area (Å²) in [6.07, 6.45) is 1.66. The van der Waals surface area contributed by atoms with E-state index in [0.29, 0.717) is 42.8 Å². The first-order chi connectivity index (χ1) is 13.1. The molecule has 2 aromatic carbocycles. The summed E-state index contributed by atoms with van der Waals surface area (Å²) < 4.78 is 16.1. The maximum atomic E-state index is 12.8. The van der Waals surface area contributed by atoms with Gasteiger partial charge in [0.1, 0.15) is 0 Å². The van der Waals surface area contributed by atoms with Crippen LogP contribution in [0.15, 0.2) is 48.5 Å². The zero-order valence-corrected chi connectivity index (χ0v) is 16.2. The third-order valence-electron chi connectivity index (χ3n) is 4.44. The third-order valence-corrected chi connectivity index (χ3v) is 4.69. The fourth-order valence-corrected chi connectivity index (χ4v) is 3.09. The maximum Gasteiger partial charge on any atom is 0.247 e. The first-order valence-corrected chi connectivity index (χ1v) is 9.07. The standard InChI is InChI=1S/C21H22ClNO4/c1-25-19-8-5-16(13-20(19)26-2)18(15-3-6-17(22)7-4-15)14-21(24)23-9-11-27-12-10-23/h3-8,13-14H,9-12H2,1-2H3/b18-14-/i18+1. The number of amides is 1. The Kier molecular flexibility index (Phi) is 6.37. The van der Waals surface area contributed by atoms with Crippen LogP contribution in [0.1, 0.15) is 11.1 Å². The van der Waals surface area contributed by atoms with Crippen molar-refractivity contribution in [2.75, 3.05) is 40.5 Å². The van der Waals surface area contributed by atoms with E-state index in [9.17, 15) is 4.79 Å². The fraction of sp³-hybridized carbons (Fsp3) is 0.286. The van der Waals surface area contributed by atoms with Gasteiger partial charge >= 0.3 is 0 Å². The van der Waals surface area contributed by atoms with Gasteiger partial charge in [0.05, 0.1) is 27.4 Å². The Balaban J connectivity index is 2.03. The van der Waals surface area contributed by atoms with Crippen molar-refractivity contribution in [1.29, 1.82) is 0 Å². The summed E-state index contributed by atoms with van der Waals surface area (Å²) >= 11 is 6.03. The van der Waals surface area contributed by atoms with E-state index in [2.05, 4.69) is 0 Å². The summed E-state index contributed by atoms with van der Waals surface area (Å²) in [5.74, 6) is 1.20. The maximum absolute atomic E-state index is 12.8. The average molecular weight is 389 g/mol. The van der Waals surface area contributed by atoms with Crippen LogP contribution in [0.25, 0.3) is 5.57 Å². The van der Waals surface area contributed by atoms with Crippen LogP contribution in [0.4, 0.5) is 0 Å². The molecule has 2 aromatic rings. The van der Waals surface area contributed by atoms with Crippen LogP contribution >= 0.6 is 11.6 Å². The molecule has 1 aliphatic rings. The molecule has 0 bridgehead atoms. The largest absolute Gasteiger partial charge is 0.493 e. The van der Waals surface area contributed by atoms with E-state index in [1.54, 1.807) is 25.2 Å². The Labute approximate surface area is 164 Å². The highest BCUT2D eigenvalue weighted by atomic mass is 35.5. The number of carbonyl (C=O) groups excluding carboxylic acids is 1. The van der Waals surface area contributed by atoms with Gasteiger partial charge in [-0.05, 0) is 41.0 Å². The normalized spacial score (nSPS) is 14.8. The molecule has 1 heterocycles. The van der Waals surface area contributed by atoms with E-state index in [4.69, 9.17) is 25.8 Å². The van der Waals surface area contributed by atoms with Crippen molar-refractivity contribution in [3.63, 3.8) is 0 Å². The van der Waals surface area contributed by atoms with Crippen LogP contribution in [0.2, 0.25) is 5.02 Å². The van der Waals surface area contributed by atoms with E-state index >= 15 is 0 Å². The molecule has 0 saturated carbocycles. The number of halogens is 1. The predicted octanol–water partition coefficient (Wildman–Crippen LogP) is 3.65. The van der Waals surface area contributed by atoms with Crippen LogP contribution in [-0.4, -0.2) is 51.3 Å². The molecule has 0 atom stereocenters. The Morgan fingerprint density at radius 2 is 1.63 bits per heavy atom. The number of rotatable bonds is 5. The van der Waals surface area contributed by atoms with Crippen LogP contribution < -0.4 is 9.47 Å². The number of hydrogen-bond donors (Lipinski definition) is 0. The van der Waals surface area contributed by atoms with Gasteiger partial charge in [0.25, 0.3) is 0 Å². The molecule has 6 heteroatoms. The van der Waals surface area contributed by atoms with Crippen molar-refractivity contribution in [3.8, 4) is 11.5 Å². The highest BCUT2D eigenvalue weighted by molar-refractivity contribution is 6.30. The van der Waals surface area contributed by atoms with Crippen LogP contribution in [0.3, 0.4) is 0 Å². The van der Waals surface area contributed by atoms with Crippen LogP contribution in [0, 0.1) is 0 Å². The summed E-state index contributed by atoms with van der Waals surface area (Å²) in [7, 11) is 3.18. The lowest BCUT2D eigenvalue weighted by Gasteiger charge is -2.26. The Hall–Kier alpha value is -2.50. The molecule has 1 aliphatic heterocycles. The van der Waals surface area contributed by atoms with Crippen molar-refractivity contribution in [2.24, 2.45) is 0 Å². The first kappa shape index (κ1) is 19.3. The predicted molar refractivity (Wildman–Crippen MR) is 105 cm³/mol. The number of hydrogen-bond acceptors (Lipinski definition) is 4. The molecule has 142 valence electrons. The molecule has 1 fully saturated rings. The minimum Gasteiger partial charge on any atom is -0.493 e. The van der Waals surface area contributed by atoms with Crippen LogP contribution in [0.5, 0.6) is 11.5 Å². The molecular weight excluding hydrogens is 367 g/mol. The molecule has 5 nitrogen and oxygen atoms in total. The lowest BCUT2D eigenvalue weighted by Crippen LogP contribution is -2.39. The third kappa shape index (κ3) is 4.62. The number of benzene rings is 2. The highest BCUT2D eigenvalue weighted by Crippen LogP contribution is 2.33. The summed E-state index contributed by atoms with van der Waals surface area (Å²) in [5.41, 5.74) is 2.55. The molecule has 0 N–H and O–H groups in total. The van der Waals surface area contributed by atoms with Crippen molar-refractivity contribution in [1.82, 2.24) is 4.90 Å². The van der Waals surface area contributed by atoms with Gasteiger partial charge in [-0.3, -0.25) is 4.79 Å². The summed E-state index contributed by atoms with van der Waals surface area (Å²) in [6.45, 7) is 2.31. The minimum atomic E-state index is -0.0435. The van der Waals surface area contributed by atoms with Gasteiger partial charge in [-0.25, -0.2) is 0 Å². The molecule has 0 unspecified atom stereocenters. The Bertz CT molecular complexity index is 827. The van der Waals surface area contributed by atoms with E-state index in [1.807, 2.05) is 42.5 Å². The second kappa shape index (κ2) is 8.93. The molecule has 27 heavy (non-hydrogen) atoms. The monoisotopic (exact) mass is 388 g/mol. The zero-order valence-electron chi connectivity index (χ0n) is 15.4. The topological polar surface area (TPSA) is 48.0 Å². The molecule has 0 aliphatic carbocycles. The van der Waals surface area contributed by atoms with Gasteiger partial charge in [-0.2, -0.15) is 0 Å². The second-order valence-electron chi connectivity index (χ2n) is 6.07. The number of nitrogens with zero attached hydrogens (tertiary/aromatic N) is 1. The molecule has 0 aromatic heterocycles. The minimum absolute atomic E-state index is 0.0435. The first-order valence-electron chi connectivity index (χ1n) is 8.69.